The van der Waals surface area contributed by atoms with Crippen LogP contribution in [0.15, 0.2) is 30.5 Å². The van der Waals surface area contributed by atoms with Crippen LogP contribution in [0.25, 0.3) is 10.9 Å². The van der Waals surface area contributed by atoms with Gasteiger partial charge in [0, 0.05) is 49.7 Å². The Labute approximate surface area is 152 Å². The standard InChI is InChI=1S/C19H24N4O3/c1-22-17-11-23(9-7-14(17)12-26-19(22)25)18(24)20-8-6-13-10-21-16-5-3-2-4-15(13)16/h2-5,10,14,17,21H,6-9,11-12H2,1H3,(H,20,24)/t14-,17+/m0/s1. The van der Waals surface area contributed by atoms with Crippen LogP contribution >= 0.6 is 0 Å². The van der Waals surface area contributed by atoms with Crippen LogP contribution < -0.4 is 5.32 Å². The molecule has 0 bridgehead atoms. The largest absolute Gasteiger partial charge is 0.449 e. The van der Waals surface area contributed by atoms with Gasteiger partial charge in [0.25, 0.3) is 0 Å². The zero-order valence-electron chi connectivity index (χ0n) is 14.9. The quantitative estimate of drug-likeness (QED) is 0.885. The summed E-state index contributed by atoms with van der Waals surface area (Å²) in [6, 6.07) is 8.15. The molecule has 3 heterocycles. The van der Waals surface area contributed by atoms with Gasteiger partial charge in [-0.1, -0.05) is 18.2 Å². The van der Waals surface area contributed by atoms with Crippen LogP contribution in [0.5, 0.6) is 0 Å². The Morgan fingerprint density at radius 1 is 1.38 bits per heavy atom. The van der Waals surface area contributed by atoms with E-state index in [2.05, 4.69) is 16.4 Å². The predicted molar refractivity (Wildman–Crippen MR) is 98.0 cm³/mol. The molecule has 2 aromatic rings. The van der Waals surface area contributed by atoms with E-state index in [1.54, 1.807) is 11.9 Å². The maximum Gasteiger partial charge on any atom is 0.409 e. The number of aromatic amines is 1. The van der Waals surface area contributed by atoms with E-state index in [0.29, 0.717) is 32.2 Å². The second kappa shape index (κ2) is 6.90. The van der Waals surface area contributed by atoms with Gasteiger partial charge in [0.1, 0.15) is 0 Å². The average Bonchev–Trinajstić information content (AvgIpc) is 3.08. The van der Waals surface area contributed by atoms with Gasteiger partial charge in [0.15, 0.2) is 0 Å². The number of likely N-dealkylation sites (tertiary alicyclic amines) is 1. The fraction of sp³-hybridized carbons (Fsp3) is 0.474. The van der Waals surface area contributed by atoms with Crippen LogP contribution in [0.1, 0.15) is 12.0 Å². The maximum absolute atomic E-state index is 12.5. The fourth-order valence-electron chi connectivity index (χ4n) is 3.97. The van der Waals surface area contributed by atoms with E-state index >= 15 is 0 Å². The number of aromatic nitrogens is 1. The molecule has 1 aromatic heterocycles. The molecule has 2 aliphatic rings. The normalized spacial score (nSPS) is 22.9. The first-order chi connectivity index (χ1) is 12.6. The summed E-state index contributed by atoms with van der Waals surface area (Å²) < 4.78 is 5.16. The van der Waals surface area contributed by atoms with Crippen molar-refractivity contribution in [3.63, 3.8) is 0 Å². The summed E-state index contributed by atoms with van der Waals surface area (Å²) in [6.45, 7) is 2.31. The summed E-state index contributed by atoms with van der Waals surface area (Å²) in [4.78, 5) is 30.9. The zero-order valence-corrected chi connectivity index (χ0v) is 14.9. The Morgan fingerprint density at radius 3 is 3.12 bits per heavy atom. The van der Waals surface area contributed by atoms with Crippen LogP contribution in [0.4, 0.5) is 9.59 Å². The summed E-state index contributed by atoms with van der Waals surface area (Å²) >= 11 is 0. The van der Waals surface area contributed by atoms with Crippen molar-refractivity contribution in [2.75, 3.05) is 33.3 Å². The second-order valence-corrected chi connectivity index (χ2v) is 7.09. The van der Waals surface area contributed by atoms with Crippen molar-refractivity contribution in [2.24, 2.45) is 5.92 Å². The smallest absolute Gasteiger partial charge is 0.409 e. The molecule has 138 valence electrons. The van der Waals surface area contributed by atoms with E-state index in [-0.39, 0.29) is 18.2 Å². The number of cyclic esters (lactones) is 1. The molecular weight excluding hydrogens is 332 g/mol. The minimum atomic E-state index is -0.298. The lowest BCUT2D eigenvalue weighted by molar-refractivity contribution is -0.0106. The van der Waals surface area contributed by atoms with Crippen LogP contribution in [0, 0.1) is 5.92 Å². The second-order valence-electron chi connectivity index (χ2n) is 7.09. The Hall–Kier alpha value is -2.70. The Morgan fingerprint density at radius 2 is 2.23 bits per heavy atom. The van der Waals surface area contributed by atoms with Crippen LogP contribution in [-0.4, -0.2) is 66.2 Å². The molecule has 0 radical (unpaired) electrons. The first-order valence-electron chi connectivity index (χ1n) is 9.11. The fourth-order valence-corrected chi connectivity index (χ4v) is 3.97. The zero-order chi connectivity index (χ0) is 18.1. The molecule has 7 nitrogen and oxygen atoms in total. The first kappa shape index (κ1) is 16.8. The van der Waals surface area contributed by atoms with Gasteiger partial charge in [-0.3, -0.25) is 0 Å². The SMILES string of the molecule is CN1C(=O)OC[C@@H]2CCN(C(=O)NCCc3c[nH]c4ccccc34)C[C@H]21. The molecule has 2 aliphatic heterocycles. The molecule has 2 fully saturated rings. The molecule has 2 saturated heterocycles. The molecule has 2 N–H and O–H groups in total. The van der Waals surface area contributed by atoms with E-state index < -0.39 is 0 Å². The lowest BCUT2D eigenvalue weighted by Gasteiger charge is -2.44. The molecule has 1 aromatic carbocycles. The molecule has 3 amide bonds. The number of likely N-dealkylation sites (N-methyl/N-ethyl adjacent to an activating group) is 1. The van der Waals surface area contributed by atoms with Crippen LogP contribution in [0.2, 0.25) is 0 Å². The third-order valence-corrected chi connectivity index (χ3v) is 5.56. The number of carbonyl (C=O) groups is 2. The van der Waals surface area contributed by atoms with E-state index in [1.807, 2.05) is 29.3 Å². The predicted octanol–water partition coefficient (Wildman–Crippen LogP) is 2.19. The topological polar surface area (TPSA) is 77.7 Å². The van der Waals surface area contributed by atoms with Crippen molar-refractivity contribution in [3.05, 3.63) is 36.0 Å². The monoisotopic (exact) mass is 356 g/mol. The number of H-pyrrole nitrogens is 1. The lowest BCUT2D eigenvalue weighted by atomic mass is 9.90. The molecule has 2 atom stereocenters. The molecule has 0 aliphatic carbocycles. The van der Waals surface area contributed by atoms with Gasteiger partial charge in [0.2, 0.25) is 0 Å². The molecule has 0 saturated carbocycles. The van der Waals surface area contributed by atoms with Gasteiger partial charge in [-0.15, -0.1) is 0 Å². The molecule has 0 unspecified atom stereocenters. The van der Waals surface area contributed by atoms with Crippen LogP contribution in [0.3, 0.4) is 0 Å². The third kappa shape index (κ3) is 3.09. The number of nitrogens with zero attached hydrogens (tertiary/aromatic N) is 2. The number of hydrogen-bond acceptors (Lipinski definition) is 3. The number of para-hydroxylation sites is 1. The molecule has 26 heavy (non-hydrogen) atoms. The maximum atomic E-state index is 12.5. The van der Waals surface area contributed by atoms with Crippen molar-refractivity contribution in [1.29, 1.82) is 0 Å². The molecular formula is C19H24N4O3. The minimum absolute atomic E-state index is 0.0457. The molecule has 7 heteroatoms. The summed E-state index contributed by atoms with van der Waals surface area (Å²) in [7, 11) is 1.75. The Kier molecular flexibility index (Phi) is 4.44. The lowest BCUT2D eigenvalue weighted by Crippen LogP contribution is -2.59. The highest BCUT2D eigenvalue weighted by Crippen LogP contribution is 2.26. The Balaban J connectivity index is 1.32. The van der Waals surface area contributed by atoms with Gasteiger partial charge in [0.05, 0.1) is 12.6 Å². The number of amides is 3. The molecule has 0 spiro atoms. The van der Waals surface area contributed by atoms with Gasteiger partial charge in [-0.2, -0.15) is 0 Å². The van der Waals surface area contributed by atoms with Gasteiger partial charge < -0.3 is 24.8 Å². The average molecular weight is 356 g/mol. The van der Waals surface area contributed by atoms with Gasteiger partial charge >= 0.3 is 12.1 Å². The number of piperidine rings is 1. The van der Waals surface area contributed by atoms with Crippen molar-refractivity contribution >= 4 is 23.0 Å². The van der Waals surface area contributed by atoms with Crippen molar-refractivity contribution < 1.29 is 14.3 Å². The number of nitrogens with one attached hydrogen (secondary N) is 2. The summed E-state index contributed by atoms with van der Waals surface area (Å²) in [5, 5.41) is 4.21. The summed E-state index contributed by atoms with van der Waals surface area (Å²) in [5.74, 6) is 0.313. The highest BCUT2D eigenvalue weighted by Gasteiger charge is 2.40. The van der Waals surface area contributed by atoms with Gasteiger partial charge in [-0.25, -0.2) is 9.59 Å². The minimum Gasteiger partial charge on any atom is -0.449 e. The number of hydrogen-bond donors (Lipinski definition) is 2. The van der Waals surface area contributed by atoms with E-state index in [4.69, 9.17) is 4.74 Å². The molecule has 4 rings (SSSR count). The first-order valence-corrected chi connectivity index (χ1v) is 9.11. The summed E-state index contributed by atoms with van der Waals surface area (Å²) in [5.41, 5.74) is 2.32. The number of urea groups is 1. The van der Waals surface area contributed by atoms with E-state index in [9.17, 15) is 9.59 Å². The number of carbonyl (C=O) groups excluding carboxylic acids is 2. The van der Waals surface area contributed by atoms with Gasteiger partial charge in [-0.05, 0) is 24.5 Å². The van der Waals surface area contributed by atoms with Crippen molar-refractivity contribution in [2.45, 2.75) is 18.9 Å². The highest BCUT2D eigenvalue weighted by atomic mass is 16.6. The number of ether oxygens (including phenoxy) is 1. The van der Waals surface area contributed by atoms with Crippen molar-refractivity contribution in [1.82, 2.24) is 20.1 Å². The Bertz CT molecular complexity index is 818. The highest BCUT2D eigenvalue weighted by molar-refractivity contribution is 5.83. The number of benzene rings is 1. The van der Waals surface area contributed by atoms with E-state index in [0.717, 1.165) is 18.4 Å². The third-order valence-electron chi connectivity index (χ3n) is 5.56. The number of rotatable bonds is 3. The van der Waals surface area contributed by atoms with Crippen molar-refractivity contribution in [3.8, 4) is 0 Å². The number of fused-ring (bicyclic) bond motifs is 2. The van der Waals surface area contributed by atoms with E-state index in [1.165, 1.54) is 10.9 Å². The summed E-state index contributed by atoms with van der Waals surface area (Å²) in [6.07, 6.45) is 3.35. The van der Waals surface area contributed by atoms with Crippen LogP contribution in [-0.2, 0) is 11.2 Å².